The van der Waals surface area contributed by atoms with E-state index in [-0.39, 0.29) is 6.61 Å². The Kier molecular flexibility index (Phi) is 2.52. The lowest BCUT2D eigenvalue weighted by atomic mass is 10.6. The predicted octanol–water partition coefficient (Wildman–Crippen LogP) is -0.439. The largest absolute Gasteiger partial charge is 0.448 e. The summed E-state index contributed by atoms with van der Waals surface area (Å²) in [6.07, 6.45) is 2.38. The van der Waals surface area contributed by atoms with E-state index in [9.17, 15) is 4.79 Å². The van der Waals surface area contributed by atoms with Gasteiger partial charge < -0.3 is 16.2 Å². The van der Waals surface area contributed by atoms with Gasteiger partial charge in [-0.25, -0.2) is 4.79 Å². The first-order chi connectivity index (χ1) is 5.68. The van der Waals surface area contributed by atoms with E-state index in [0.29, 0.717) is 12.2 Å². The number of hydrogen-bond acceptors (Lipinski definition) is 4. The Morgan fingerprint density at radius 1 is 1.75 bits per heavy atom. The minimum atomic E-state index is -0.782. The Morgan fingerprint density at radius 3 is 3.00 bits per heavy atom. The summed E-state index contributed by atoms with van der Waals surface area (Å²) in [6, 6.07) is 0. The monoisotopic (exact) mass is 170 g/mol. The van der Waals surface area contributed by atoms with Crippen molar-refractivity contribution in [1.29, 1.82) is 0 Å². The molecule has 1 aromatic rings. The van der Waals surface area contributed by atoms with Gasteiger partial charge in [0.25, 0.3) is 0 Å². The summed E-state index contributed by atoms with van der Waals surface area (Å²) in [7, 11) is 0. The zero-order chi connectivity index (χ0) is 8.97. The molecule has 6 nitrogen and oxygen atoms in total. The quantitative estimate of drug-likeness (QED) is 0.642. The molecule has 1 heterocycles. The van der Waals surface area contributed by atoms with Crippen LogP contribution in [0.2, 0.25) is 0 Å². The van der Waals surface area contributed by atoms with Crippen molar-refractivity contribution >= 4 is 11.8 Å². The molecular formula is C6H10N4O2. The summed E-state index contributed by atoms with van der Waals surface area (Å²) in [6.45, 7) is 0.663. The molecule has 0 fully saturated rings. The Bertz CT molecular complexity index is 270. The first-order valence-corrected chi connectivity index (χ1v) is 3.38. The van der Waals surface area contributed by atoms with Crippen molar-refractivity contribution in [3.05, 3.63) is 12.4 Å². The average molecular weight is 170 g/mol. The average Bonchev–Trinajstić information content (AvgIpc) is 2.35. The van der Waals surface area contributed by atoms with Crippen LogP contribution < -0.4 is 11.5 Å². The highest BCUT2D eigenvalue weighted by atomic mass is 16.5. The zero-order valence-electron chi connectivity index (χ0n) is 6.43. The molecule has 1 rings (SSSR count). The SMILES string of the molecule is NC(=O)OCCn1cc(N)cn1. The number of anilines is 1. The molecule has 0 aliphatic rings. The van der Waals surface area contributed by atoms with E-state index in [2.05, 4.69) is 9.84 Å². The van der Waals surface area contributed by atoms with Crippen LogP contribution in [0.25, 0.3) is 0 Å². The summed E-state index contributed by atoms with van der Waals surface area (Å²) in [4.78, 5) is 10.1. The van der Waals surface area contributed by atoms with Crippen LogP contribution in [0.4, 0.5) is 10.5 Å². The van der Waals surface area contributed by atoms with E-state index in [1.807, 2.05) is 0 Å². The molecule has 12 heavy (non-hydrogen) atoms. The van der Waals surface area contributed by atoms with Gasteiger partial charge in [-0.15, -0.1) is 0 Å². The topological polar surface area (TPSA) is 96.2 Å². The van der Waals surface area contributed by atoms with Crippen LogP contribution in [0.1, 0.15) is 0 Å². The Hall–Kier alpha value is -1.72. The number of rotatable bonds is 3. The predicted molar refractivity (Wildman–Crippen MR) is 42.2 cm³/mol. The molecular weight excluding hydrogens is 160 g/mol. The van der Waals surface area contributed by atoms with Crippen molar-refractivity contribution in [3.8, 4) is 0 Å². The molecule has 1 aromatic heterocycles. The number of ether oxygens (including phenoxy) is 1. The van der Waals surface area contributed by atoms with Gasteiger partial charge in [0.15, 0.2) is 0 Å². The van der Waals surface area contributed by atoms with Crippen molar-refractivity contribution in [2.75, 3.05) is 12.3 Å². The van der Waals surface area contributed by atoms with Crippen LogP contribution in [0.15, 0.2) is 12.4 Å². The number of carbonyl (C=O) groups excluding carboxylic acids is 1. The van der Waals surface area contributed by atoms with Crippen molar-refractivity contribution < 1.29 is 9.53 Å². The number of nitrogens with zero attached hydrogens (tertiary/aromatic N) is 2. The smallest absolute Gasteiger partial charge is 0.404 e. The van der Waals surface area contributed by atoms with E-state index in [1.165, 1.54) is 6.20 Å². The van der Waals surface area contributed by atoms with E-state index in [0.717, 1.165) is 0 Å². The van der Waals surface area contributed by atoms with Crippen molar-refractivity contribution in [3.63, 3.8) is 0 Å². The van der Waals surface area contributed by atoms with E-state index in [1.54, 1.807) is 10.9 Å². The lowest BCUT2D eigenvalue weighted by Crippen LogP contribution is -2.16. The number of carbonyl (C=O) groups is 1. The van der Waals surface area contributed by atoms with Gasteiger partial charge in [-0.05, 0) is 0 Å². The highest BCUT2D eigenvalue weighted by Crippen LogP contribution is 1.96. The number of amides is 1. The van der Waals surface area contributed by atoms with Crippen LogP contribution >= 0.6 is 0 Å². The van der Waals surface area contributed by atoms with Gasteiger partial charge in [-0.2, -0.15) is 5.10 Å². The molecule has 1 amide bonds. The molecule has 0 aliphatic carbocycles. The van der Waals surface area contributed by atoms with Crippen LogP contribution in [-0.2, 0) is 11.3 Å². The fourth-order valence-corrected chi connectivity index (χ4v) is 0.742. The minimum absolute atomic E-state index is 0.205. The zero-order valence-corrected chi connectivity index (χ0v) is 6.43. The Balaban J connectivity index is 2.29. The standard InChI is InChI=1S/C6H10N4O2/c7-5-3-9-10(4-5)1-2-12-6(8)11/h3-4H,1-2,7H2,(H2,8,11). The van der Waals surface area contributed by atoms with Gasteiger partial charge in [-0.1, -0.05) is 0 Å². The van der Waals surface area contributed by atoms with Crippen molar-refractivity contribution in [2.24, 2.45) is 5.73 Å². The molecule has 0 aromatic carbocycles. The van der Waals surface area contributed by atoms with Gasteiger partial charge in [0.1, 0.15) is 6.61 Å². The first-order valence-electron chi connectivity index (χ1n) is 3.38. The number of nitrogens with two attached hydrogens (primary N) is 2. The molecule has 0 aliphatic heterocycles. The lowest BCUT2D eigenvalue weighted by Gasteiger charge is -2.00. The number of hydrogen-bond donors (Lipinski definition) is 2. The molecule has 0 saturated heterocycles. The fraction of sp³-hybridized carbons (Fsp3) is 0.333. The van der Waals surface area contributed by atoms with Crippen molar-refractivity contribution in [1.82, 2.24) is 9.78 Å². The van der Waals surface area contributed by atoms with E-state index < -0.39 is 6.09 Å². The maximum atomic E-state index is 10.1. The summed E-state index contributed by atoms with van der Waals surface area (Å²) in [5.41, 5.74) is 10.7. The molecule has 0 spiro atoms. The Morgan fingerprint density at radius 2 is 2.50 bits per heavy atom. The van der Waals surface area contributed by atoms with Gasteiger partial charge in [-0.3, -0.25) is 4.68 Å². The number of primary amides is 1. The highest BCUT2D eigenvalue weighted by Gasteiger charge is 1.96. The van der Waals surface area contributed by atoms with Crippen LogP contribution in [0, 0.1) is 0 Å². The second-order valence-electron chi connectivity index (χ2n) is 2.20. The normalized spacial score (nSPS) is 9.67. The number of aromatic nitrogens is 2. The second kappa shape index (κ2) is 3.61. The molecule has 0 radical (unpaired) electrons. The molecule has 0 unspecified atom stereocenters. The van der Waals surface area contributed by atoms with Crippen LogP contribution in [0.5, 0.6) is 0 Å². The number of nitrogen functional groups attached to an aromatic ring is 1. The molecule has 0 saturated carbocycles. The summed E-state index contributed by atoms with van der Waals surface area (Å²) in [5.74, 6) is 0. The van der Waals surface area contributed by atoms with E-state index >= 15 is 0 Å². The maximum absolute atomic E-state index is 10.1. The van der Waals surface area contributed by atoms with E-state index in [4.69, 9.17) is 11.5 Å². The third-order valence-electron chi connectivity index (χ3n) is 1.22. The molecule has 4 N–H and O–H groups in total. The third-order valence-corrected chi connectivity index (χ3v) is 1.22. The summed E-state index contributed by atoms with van der Waals surface area (Å²) >= 11 is 0. The van der Waals surface area contributed by atoms with Gasteiger partial charge in [0.05, 0.1) is 18.4 Å². The fourth-order valence-electron chi connectivity index (χ4n) is 0.742. The van der Waals surface area contributed by atoms with Gasteiger partial charge >= 0.3 is 6.09 Å². The maximum Gasteiger partial charge on any atom is 0.404 e. The van der Waals surface area contributed by atoms with Crippen molar-refractivity contribution in [2.45, 2.75) is 6.54 Å². The van der Waals surface area contributed by atoms with Gasteiger partial charge in [0.2, 0.25) is 0 Å². The Labute approximate surface area is 69.1 Å². The van der Waals surface area contributed by atoms with Crippen LogP contribution in [0.3, 0.4) is 0 Å². The first kappa shape index (κ1) is 8.38. The van der Waals surface area contributed by atoms with Gasteiger partial charge in [0, 0.05) is 6.20 Å². The second-order valence-corrected chi connectivity index (χ2v) is 2.20. The highest BCUT2D eigenvalue weighted by molar-refractivity contribution is 5.64. The minimum Gasteiger partial charge on any atom is -0.448 e. The molecule has 0 atom stereocenters. The third kappa shape index (κ3) is 2.49. The summed E-state index contributed by atoms with van der Waals surface area (Å²) in [5, 5.41) is 3.87. The molecule has 6 heteroatoms. The molecule has 0 bridgehead atoms. The summed E-state index contributed by atoms with van der Waals surface area (Å²) < 4.78 is 6.06. The molecule has 66 valence electrons. The lowest BCUT2D eigenvalue weighted by molar-refractivity contribution is 0.151. The van der Waals surface area contributed by atoms with Crippen LogP contribution in [-0.4, -0.2) is 22.5 Å².